The maximum absolute atomic E-state index is 14.0. The molecule has 0 unspecified atom stereocenters. The lowest BCUT2D eigenvalue weighted by Crippen LogP contribution is -2.36. The third-order valence-corrected chi connectivity index (χ3v) is 7.52. The standard InChI is InChI=1S/C31H30FN3O6S/c1-2-40-27-17-21(7-12-26(27)41-20-22-5-3-4-6-25(22)32)18-28-30(37)35(31(38)42-28)19-29(36)33-23-8-10-24(11-9-23)34-13-15-39-16-14-34/h3-12,17-18H,2,13-16,19-20H2,1H3,(H,33,36)/b28-18+. The van der Waals surface area contributed by atoms with Gasteiger partial charge in [0.2, 0.25) is 5.91 Å². The van der Waals surface area contributed by atoms with Gasteiger partial charge in [0.05, 0.1) is 24.7 Å². The molecule has 11 heteroatoms. The molecule has 0 radical (unpaired) electrons. The second kappa shape index (κ2) is 13.5. The van der Waals surface area contributed by atoms with Crippen LogP contribution in [0.1, 0.15) is 18.1 Å². The highest BCUT2D eigenvalue weighted by atomic mass is 32.2. The summed E-state index contributed by atoms with van der Waals surface area (Å²) in [4.78, 5) is 41.6. The molecule has 9 nitrogen and oxygen atoms in total. The van der Waals surface area contributed by atoms with E-state index >= 15 is 0 Å². The third kappa shape index (κ3) is 7.10. The predicted octanol–water partition coefficient (Wildman–Crippen LogP) is 5.32. The molecule has 218 valence electrons. The number of benzene rings is 3. The average molecular weight is 592 g/mol. The molecule has 0 spiro atoms. The zero-order valence-electron chi connectivity index (χ0n) is 23.0. The minimum absolute atomic E-state index is 0.0189. The first-order valence-corrected chi connectivity index (χ1v) is 14.3. The predicted molar refractivity (Wildman–Crippen MR) is 159 cm³/mol. The molecule has 0 saturated carbocycles. The Balaban J connectivity index is 1.21. The molecule has 42 heavy (non-hydrogen) atoms. The highest BCUT2D eigenvalue weighted by Crippen LogP contribution is 2.35. The van der Waals surface area contributed by atoms with Crippen LogP contribution in [0.4, 0.5) is 20.6 Å². The van der Waals surface area contributed by atoms with E-state index in [4.69, 9.17) is 14.2 Å². The van der Waals surface area contributed by atoms with Gasteiger partial charge in [-0.3, -0.25) is 19.3 Å². The molecule has 3 amide bonds. The monoisotopic (exact) mass is 591 g/mol. The Morgan fingerprint density at radius 2 is 1.79 bits per heavy atom. The van der Waals surface area contributed by atoms with Crippen molar-refractivity contribution in [2.75, 3.05) is 49.7 Å². The zero-order chi connectivity index (χ0) is 29.5. The van der Waals surface area contributed by atoms with Crippen molar-refractivity contribution in [1.29, 1.82) is 0 Å². The molecule has 0 atom stereocenters. The lowest BCUT2D eigenvalue weighted by Gasteiger charge is -2.28. The fourth-order valence-electron chi connectivity index (χ4n) is 4.48. The second-order valence-electron chi connectivity index (χ2n) is 9.48. The lowest BCUT2D eigenvalue weighted by molar-refractivity contribution is -0.127. The van der Waals surface area contributed by atoms with Gasteiger partial charge in [-0.15, -0.1) is 0 Å². The lowest BCUT2D eigenvalue weighted by atomic mass is 10.1. The summed E-state index contributed by atoms with van der Waals surface area (Å²) in [5.41, 5.74) is 2.61. The SMILES string of the molecule is CCOc1cc(/C=C2/SC(=O)N(CC(=O)Nc3ccc(N4CCOCC4)cc3)C2=O)ccc1OCc1ccccc1F. The van der Waals surface area contributed by atoms with Crippen LogP contribution in [0.15, 0.2) is 71.6 Å². The maximum Gasteiger partial charge on any atom is 0.294 e. The van der Waals surface area contributed by atoms with Gasteiger partial charge in [0.25, 0.3) is 11.1 Å². The second-order valence-corrected chi connectivity index (χ2v) is 10.5. The van der Waals surface area contributed by atoms with Crippen molar-refractivity contribution in [2.24, 2.45) is 0 Å². The molecule has 2 aliphatic heterocycles. The van der Waals surface area contributed by atoms with Crippen molar-refractivity contribution in [3.05, 3.63) is 88.6 Å². The third-order valence-electron chi connectivity index (χ3n) is 6.61. The van der Waals surface area contributed by atoms with Crippen LogP contribution in [-0.2, 0) is 20.9 Å². The quantitative estimate of drug-likeness (QED) is 0.317. The fourth-order valence-corrected chi connectivity index (χ4v) is 5.32. The van der Waals surface area contributed by atoms with Crippen LogP contribution in [0.2, 0.25) is 0 Å². The first-order chi connectivity index (χ1) is 20.4. The molecule has 2 fully saturated rings. The number of imide groups is 1. The van der Waals surface area contributed by atoms with Gasteiger partial charge in [0.15, 0.2) is 11.5 Å². The van der Waals surface area contributed by atoms with E-state index in [-0.39, 0.29) is 17.3 Å². The summed E-state index contributed by atoms with van der Waals surface area (Å²) in [6.45, 7) is 4.76. The van der Waals surface area contributed by atoms with E-state index in [1.54, 1.807) is 54.6 Å². The number of thioether (sulfide) groups is 1. The van der Waals surface area contributed by atoms with Crippen LogP contribution in [0.3, 0.4) is 0 Å². The minimum Gasteiger partial charge on any atom is -0.490 e. The van der Waals surface area contributed by atoms with E-state index in [0.717, 1.165) is 35.4 Å². The number of rotatable bonds is 10. The Morgan fingerprint density at radius 1 is 1.02 bits per heavy atom. The summed E-state index contributed by atoms with van der Waals surface area (Å²) in [5, 5.41) is 2.22. The number of morpholine rings is 1. The number of amides is 3. The number of nitrogens with zero attached hydrogens (tertiary/aromatic N) is 2. The Bertz CT molecular complexity index is 1490. The van der Waals surface area contributed by atoms with Crippen LogP contribution in [0.25, 0.3) is 6.08 Å². The van der Waals surface area contributed by atoms with Gasteiger partial charge in [-0.2, -0.15) is 0 Å². The number of ether oxygens (including phenoxy) is 3. The number of carbonyl (C=O) groups is 3. The van der Waals surface area contributed by atoms with E-state index in [1.165, 1.54) is 6.07 Å². The summed E-state index contributed by atoms with van der Waals surface area (Å²) < 4.78 is 30.9. The number of hydrogen-bond donors (Lipinski definition) is 1. The molecule has 5 rings (SSSR count). The Hall–Kier alpha value is -4.35. The first kappa shape index (κ1) is 29.2. The van der Waals surface area contributed by atoms with E-state index < -0.39 is 23.6 Å². The van der Waals surface area contributed by atoms with Crippen molar-refractivity contribution < 1.29 is 33.0 Å². The molecule has 0 aromatic heterocycles. The normalized spacial score (nSPS) is 16.2. The van der Waals surface area contributed by atoms with Gasteiger partial charge in [-0.25, -0.2) is 4.39 Å². The molecule has 3 aromatic carbocycles. The van der Waals surface area contributed by atoms with Crippen LogP contribution in [0, 0.1) is 5.82 Å². The Morgan fingerprint density at radius 3 is 2.52 bits per heavy atom. The summed E-state index contributed by atoms with van der Waals surface area (Å²) in [7, 11) is 0. The zero-order valence-corrected chi connectivity index (χ0v) is 23.8. The molecule has 0 aliphatic carbocycles. The Labute approximate surface area is 247 Å². The van der Waals surface area contributed by atoms with Crippen LogP contribution < -0.4 is 19.7 Å². The topological polar surface area (TPSA) is 97.4 Å². The van der Waals surface area contributed by atoms with Crippen molar-refractivity contribution in [1.82, 2.24) is 4.90 Å². The number of halogens is 1. The number of carbonyl (C=O) groups excluding carboxylic acids is 3. The van der Waals surface area contributed by atoms with Gasteiger partial charge in [-0.1, -0.05) is 24.3 Å². The summed E-state index contributed by atoms with van der Waals surface area (Å²) in [6, 6.07) is 18.8. The van der Waals surface area contributed by atoms with Gasteiger partial charge >= 0.3 is 0 Å². The van der Waals surface area contributed by atoms with Crippen molar-refractivity contribution in [3.63, 3.8) is 0 Å². The molecule has 3 aromatic rings. The smallest absolute Gasteiger partial charge is 0.294 e. The van der Waals surface area contributed by atoms with E-state index in [0.29, 0.717) is 48.1 Å². The van der Waals surface area contributed by atoms with Crippen LogP contribution in [0.5, 0.6) is 11.5 Å². The summed E-state index contributed by atoms with van der Waals surface area (Å²) in [5.74, 6) is -0.563. The van der Waals surface area contributed by atoms with Gasteiger partial charge in [-0.05, 0) is 72.8 Å². The van der Waals surface area contributed by atoms with Crippen LogP contribution >= 0.6 is 11.8 Å². The molecule has 2 saturated heterocycles. The van der Waals surface area contributed by atoms with Crippen LogP contribution in [-0.4, -0.2) is 61.4 Å². The van der Waals surface area contributed by atoms with Crippen molar-refractivity contribution in [2.45, 2.75) is 13.5 Å². The average Bonchev–Trinajstić information content (AvgIpc) is 3.25. The minimum atomic E-state index is -0.555. The molecule has 2 heterocycles. The maximum atomic E-state index is 14.0. The van der Waals surface area contributed by atoms with Gasteiger partial charge in [0, 0.05) is 30.0 Å². The fraction of sp³-hybridized carbons (Fsp3) is 0.258. The van der Waals surface area contributed by atoms with Crippen molar-refractivity contribution >= 4 is 46.3 Å². The van der Waals surface area contributed by atoms with Gasteiger partial charge in [0.1, 0.15) is 19.0 Å². The number of nitrogens with one attached hydrogen (secondary N) is 1. The highest BCUT2D eigenvalue weighted by molar-refractivity contribution is 8.18. The summed E-state index contributed by atoms with van der Waals surface area (Å²) in [6.07, 6.45) is 1.57. The molecular formula is C31H30FN3O6S. The van der Waals surface area contributed by atoms with E-state index in [1.807, 2.05) is 19.1 Å². The van der Waals surface area contributed by atoms with Gasteiger partial charge < -0.3 is 24.4 Å². The Kier molecular flexibility index (Phi) is 9.40. The van der Waals surface area contributed by atoms with Crippen molar-refractivity contribution in [3.8, 4) is 11.5 Å². The molecule has 1 N–H and O–H groups in total. The number of hydrogen-bond acceptors (Lipinski definition) is 8. The molecule has 0 bridgehead atoms. The number of anilines is 2. The summed E-state index contributed by atoms with van der Waals surface area (Å²) >= 11 is 0.764. The largest absolute Gasteiger partial charge is 0.490 e. The van der Waals surface area contributed by atoms with E-state index in [9.17, 15) is 18.8 Å². The molecular weight excluding hydrogens is 561 g/mol. The highest BCUT2D eigenvalue weighted by Gasteiger charge is 2.36. The van der Waals surface area contributed by atoms with E-state index in [2.05, 4.69) is 10.2 Å². The first-order valence-electron chi connectivity index (χ1n) is 13.5. The molecule has 2 aliphatic rings.